The fourth-order valence-corrected chi connectivity index (χ4v) is 2.14. The first kappa shape index (κ1) is 12.2. The summed E-state index contributed by atoms with van der Waals surface area (Å²) >= 11 is 1.80. The van der Waals surface area contributed by atoms with Crippen molar-refractivity contribution in [3.63, 3.8) is 0 Å². The van der Waals surface area contributed by atoms with Gasteiger partial charge in [-0.2, -0.15) is 17.0 Å². The number of nitrogens with zero attached hydrogens (tertiary/aromatic N) is 1. The third-order valence-electron chi connectivity index (χ3n) is 1.98. The normalized spacial score (nSPS) is 12.3. The molecule has 0 bridgehead atoms. The van der Waals surface area contributed by atoms with Gasteiger partial charge in [-0.15, -0.1) is 0 Å². The van der Waals surface area contributed by atoms with Crippen LogP contribution in [0, 0.1) is 11.3 Å². The minimum Gasteiger partial charge on any atom is -0.468 e. The third-order valence-corrected chi connectivity index (χ3v) is 2.99. The summed E-state index contributed by atoms with van der Waals surface area (Å²) in [4.78, 5) is 0. The van der Waals surface area contributed by atoms with Gasteiger partial charge in [-0.25, -0.2) is 0 Å². The molecule has 0 amide bonds. The molecule has 0 aliphatic carbocycles. The lowest BCUT2D eigenvalue weighted by molar-refractivity contribution is 0.530. The molecule has 0 aliphatic heterocycles. The van der Waals surface area contributed by atoms with E-state index in [0.717, 1.165) is 30.2 Å². The molecule has 1 aromatic rings. The SMILES string of the molecule is CCNC(C#N)CCSCc1ccco1. The average molecular weight is 224 g/mol. The van der Waals surface area contributed by atoms with Crippen LogP contribution in [0.3, 0.4) is 0 Å². The second-order valence-corrected chi connectivity index (χ2v) is 4.27. The van der Waals surface area contributed by atoms with Crippen molar-refractivity contribution in [3.8, 4) is 6.07 Å². The molecule has 0 radical (unpaired) electrons. The number of rotatable bonds is 7. The molecule has 0 saturated carbocycles. The fraction of sp³-hybridized carbons (Fsp3) is 0.545. The molecular weight excluding hydrogens is 208 g/mol. The van der Waals surface area contributed by atoms with Gasteiger partial charge < -0.3 is 9.73 Å². The highest BCUT2D eigenvalue weighted by molar-refractivity contribution is 7.98. The summed E-state index contributed by atoms with van der Waals surface area (Å²) in [6, 6.07) is 6.10. The molecule has 0 fully saturated rings. The van der Waals surface area contributed by atoms with Gasteiger partial charge in [-0.1, -0.05) is 6.92 Å². The second kappa shape index (κ2) is 7.38. The maximum atomic E-state index is 8.80. The Labute approximate surface area is 94.8 Å². The van der Waals surface area contributed by atoms with Gasteiger partial charge in [0.1, 0.15) is 5.76 Å². The summed E-state index contributed by atoms with van der Waals surface area (Å²) in [6.07, 6.45) is 2.57. The van der Waals surface area contributed by atoms with Gasteiger partial charge in [0.15, 0.2) is 0 Å². The molecule has 1 N–H and O–H groups in total. The molecule has 1 heterocycles. The van der Waals surface area contributed by atoms with Gasteiger partial charge in [0, 0.05) is 0 Å². The van der Waals surface area contributed by atoms with Gasteiger partial charge in [0.2, 0.25) is 0 Å². The van der Waals surface area contributed by atoms with Crippen molar-refractivity contribution in [1.29, 1.82) is 5.26 Å². The van der Waals surface area contributed by atoms with E-state index in [-0.39, 0.29) is 6.04 Å². The average Bonchev–Trinajstić information content (AvgIpc) is 2.75. The summed E-state index contributed by atoms with van der Waals surface area (Å²) in [5.74, 6) is 2.86. The maximum absolute atomic E-state index is 8.80. The Bertz CT molecular complexity index is 292. The molecule has 1 rings (SSSR count). The van der Waals surface area contributed by atoms with Crippen molar-refractivity contribution in [1.82, 2.24) is 5.32 Å². The molecular formula is C11H16N2OS. The number of furan rings is 1. The van der Waals surface area contributed by atoms with E-state index >= 15 is 0 Å². The van der Waals surface area contributed by atoms with E-state index in [2.05, 4.69) is 11.4 Å². The highest BCUT2D eigenvalue weighted by Crippen LogP contribution is 2.13. The molecule has 15 heavy (non-hydrogen) atoms. The zero-order chi connectivity index (χ0) is 10.9. The van der Waals surface area contributed by atoms with Crippen LogP contribution in [0.15, 0.2) is 22.8 Å². The lowest BCUT2D eigenvalue weighted by Gasteiger charge is -2.08. The largest absolute Gasteiger partial charge is 0.468 e. The quantitative estimate of drug-likeness (QED) is 0.722. The standard InChI is InChI=1S/C11H16N2OS/c1-2-13-10(8-12)5-7-15-9-11-4-3-6-14-11/h3-4,6,10,13H,2,5,7,9H2,1H3. The summed E-state index contributed by atoms with van der Waals surface area (Å²) in [7, 11) is 0. The highest BCUT2D eigenvalue weighted by Gasteiger charge is 2.04. The number of hydrogen-bond acceptors (Lipinski definition) is 4. The summed E-state index contributed by atoms with van der Waals surface area (Å²) in [6.45, 7) is 2.86. The Hall–Kier alpha value is -0.920. The third kappa shape index (κ3) is 4.91. The molecule has 1 aromatic heterocycles. The van der Waals surface area contributed by atoms with E-state index in [4.69, 9.17) is 9.68 Å². The highest BCUT2D eigenvalue weighted by atomic mass is 32.2. The molecule has 0 aliphatic rings. The Morgan fingerprint density at radius 3 is 3.13 bits per heavy atom. The van der Waals surface area contributed by atoms with Crippen molar-refractivity contribution in [2.24, 2.45) is 0 Å². The zero-order valence-corrected chi connectivity index (χ0v) is 9.72. The van der Waals surface area contributed by atoms with E-state index in [9.17, 15) is 0 Å². The first-order valence-electron chi connectivity index (χ1n) is 5.10. The first-order chi connectivity index (χ1) is 7.36. The molecule has 82 valence electrons. The topological polar surface area (TPSA) is 49.0 Å². The number of thioether (sulfide) groups is 1. The van der Waals surface area contributed by atoms with Gasteiger partial charge in [-0.3, -0.25) is 0 Å². The lowest BCUT2D eigenvalue weighted by atomic mass is 10.2. The number of nitriles is 1. The maximum Gasteiger partial charge on any atom is 0.113 e. The molecule has 0 spiro atoms. The van der Waals surface area contributed by atoms with Crippen LogP contribution in [0.5, 0.6) is 0 Å². The van der Waals surface area contributed by atoms with Crippen LogP contribution in [0.2, 0.25) is 0 Å². The molecule has 1 atom stereocenters. The Morgan fingerprint density at radius 1 is 1.67 bits per heavy atom. The Balaban J connectivity index is 2.08. The van der Waals surface area contributed by atoms with Crippen molar-refractivity contribution in [2.45, 2.75) is 25.1 Å². The van der Waals surface area contributed by atoms with Crippen LogP contribution in [-0.4, -0.2) is 18.3 Å². The summed E-state index contributed by atoms with van der Waals surface area (Å²) in [5.41, 5.74) is 0. The molecule has 4 heteroatoms. The van der Waals surface area contributed by atoms with E-state index in [1.165, 1.54) is 0 Å². The first-order valence-corrected chi connectivity index (χ1v) is 6.25. The molecule has 1 unspecified atom stereocenters. The van der Waals surface area contributed by atoms with Crippen LogP contribution in [-0.2, 0) is 5.75 Å². The molecule has 3 nitrogen and oxygen atoms in total. The van der Waals surface area contributed by atoms with Crippen molar-refractivity contribution >= 4 is 11.8 Å². The van der Waals surface area contributed by atoms with Crippen molar-refractivity contribution in [3.05, 3.63) is 24.2 Å². The minimum atomic E-state index is -0.0147. The minimum absolute atomic E-state index is 0.0147. The lowest BCUT2D eigenvalue weighted by Crippen LogP contribution is -2.27. The summed E-state index contributed by atoms with van der Waals surface area (Å²) < 4.78 is 5.21. The Kier molecular flexibility index (Phi) is 5.98. The van der Waals surface area contributed by atoms with Gasteiger partial charge >= 0.3 is 0 Å². The van der Waals surface area contributed by atoms with Crippen LogP contribution in [0.4, 0.5) is 0 Å². The van der Waals surface area contributed by atoms with E-state index in [1.807, 2.05) is 19.1 Å². The smallest absolute Gasteiger partial charge is 0.113 e. The number of nitrogens with one attached hydrogen (secondary N) is 1. The van der Waals surface area contributed by atoms with E-state index < -0.39 is 0 Å². The number of hydrogen-bond donors (Lipinski definition) is 1. The van der Waals surface area contributed by atoms with Crippen LogP contribution >= 0.6 is 11.8 Å². The van der Waals surface area contributed by atoms with Gasteiger partial charge in [0.05, 0.1) is 24.1 Å². The van der Waals surface area contributed by atoms with Crippen molar-refractivity contribution < 1.29 is 4.42 Å². The van der Waals surface area contributed by atoms with Crippen molar-refractivity contribution in [2.75, 3.05) is 12.3 Å². The predicted octanol–water partition coefficient (Wildman–Crippen LogP) is 2.40. The molecule has 0 aromatic carbocycles. The molecule has 0 saturated heterocycles. The van der Waals surface area contributed by atoms with E-state index in [0.29, 0.717) is 0 Å². The monoisotopic (exact) mass is 224 g/mol. The Morgan fingerprint density at radius 2 is 2.53 bits per heavy atom. The predicted molar refractivity (Wildman–Crippen MR) is 62.6 cm³/mol. The fourth-order valence-electron chi connectivity index (χ4n) is 1.23. The second-order valence-electron chi connectivity index (χ2n) is 3.16. The van der Waals surface area contributed by atoms with Crippen LogP contribution < -0.4 is 5.32 Å². The zero-order valence-electron chi connectivity index (χ0n) is 8.90. The van der Waals surface area contributed by atoms with Gasteiger partial charge in [0.25, 0.3) is 0 Å². The summed E-state index contributed by atoms with van der Waals surface area (Å²) in [5, 5.41) is 11.9. The van der Waals surface area contributed by atoms with E-state index in [1.54, 1.807) is 18.0 Å². The van der Waals surface area contributed by atoms with Crippen LogP contribution in [0.25, 0.3) is 0 Å². The van der Waals surface area contributed by atoms with Gasteiger partial charge in [-0.05, 0) is 30.9 Å². The van der Waals surface area contributed by atoms with Crippen LogP contribution in [0.1, 0.15) is 19.1 Å².